The summed E-state index contributed by atoms with van der Waals surface area (Å²) < 4.78 is 4.90. The second-order valence-corrected chi connectivity index (χ2v) is 2.05. The smallest absolute Gasteiger partial charge is 0.137 e. The largest absolute Gasteiger partial charge is 0.361 e. The van der Waals surface area contributed by atoms with Gasteiger partial charge >= 0.3 is 0 Å². The van der Waals surface area contributed by atoms with Crippen molar-refractivity contribution in [1.29, 1.82) is 0 Å². The van der Waals surface area contributed by atoms with E-state index in [0.29, 0.717) is 0 Å². The summed E-state index contributed by atoms with van der Waals surface area (Å²) in [7, 11) is 0. The van der Waals surface area contributed by atoms with E-state index in [9.17, 15) is 0 Å². The summed E-state index contributed by atoms with van der Waals surface area (Å²) >= 11 is 0. The molecule has 1 radical (unpaired) electrons. The maximum atomic E-state index is 4.90. The Morgan fingerprint density at radius 3 is 2.44 bits per heavy atom. The van der Waals surface area contributed by atoms with Crippen LogP contribution in [-0.2, 0) is 6.42 Å². The number of hydrogen-bond acceptors (Lipinski definition) is 2. The van der Waals surface area contributed by atoms with Crippen LogP contribution in [0, 0.1) is 20.8 Å². The van der Waals surface area contributed by atoms with Crippen molar-refractivity contribution < 1.29 is 4.52 Å². The number of hydrogen-bond donors (Lipinski definition) is 0. The molecule has 0 amide bonds. The number of aryl methyl sites for hydroxylation is 2. The predicted octanol–water partition coefficient (Wildman–Crippen LogP) is 1.67. The lowest BCUT2D eigenvalue weighted by atomic mass is 10.1. The zero-order chi connectivity index (χ0) is 6.85. The Morgan fingerprint density at radius 2 is 2.22 bits per heavy atom. The summed E-state index contributed by atoms with van der Waals surface area (Å²) in [5.74, 6) is 0.891. The van der Waals surface area contributed by atoms with Gasteiger partial charge < -0.3 is 4.52 Å². The molecule has 0 aliphatic rings. The van der Waals surface area contributed by atoms with Crippen LogP contribution in [0.15, 0.2) is 4.52 Å². The summed E-state index contributed by atoms with van der Waals surface area (Å²) in [5, 5.41) is 3.77. The van der Waals surface area contributed by atoms with Crippen LogP contribution < -0.4 is 0 Å². The first-order chi connectivity index (χ1) is 4.25. The number of rotatable bonds is 1. The predicted molar refractivity (Wildman–Crippen MR) is 35.0 cm³/mol. The molecule has 0 saturated heterocycles. The van der Waals surface area contributed by atoms with Gasteiger partial charge in [-0.05, 0) is 27.2 Å². The fourth-order valence-electron chi connectivity index (χ4n) is 0.859. The van der Waals surface area contributed by atoms with E-state index >= 15 is 0 Å². The summed E-state index contributed by atoms with van der Waals surface area (Å²) in [6.07, 6.45) is 0.765. The zero-order valence-corrected chi connectivity index (χ0v) is 5.77. The molecule has 1 rings (SSSR count). The van der Waals surface area contributed by atoms with Gasteiger partial charge in [-0.15, -0.1) is 0 Å². The molecule has 0 aromatic carbocycles. The van der Waals surface area contributed by atoms with E-state index in [1.165, 1.54) is 0 Å². The Balaban J connectivity index is 3.07. The molecule has 2 heteroatoms. The average Bonchev–Trinajstić information content (AvgIpc) is 2.12. The summed E-state index contributed by atoms with van der Waals surface area (Å²) in [6, 6.07) is 0. The third-order valence-electron chi connectivity index (χ3n) is 1.43. The molecule has 1 heterocycles. The fraction of sp³-hybridized carbons (Fsp3) is 0.429. The van der Waals surface area contributed by atoms with Gasteiger partial charge in [-0.2, -0.15) is 0 Å². The molecule has 1 aromatic rings. The quantitative estimate of drug-likeness (QED) is 0.569. The van der Waals surface area contributed by atoms with E-state index in [0.717, 1.165) is 23.4 Å². The summed E-state index contributed by atoms with van der Waals surface area (Å²) in [5.41, 5.74) is 2.09. The minimum absolute atomic E-state index is 0.765. The van der Waals surface area contributed by atoms with Crippen LogP contribution >= 0.6 is 0 Å². The van der Waals surface area contributed by atoms with Gasteiger partial charge in [0.05, 0.1) is 5.69 Å². The third kappa shape index (κ3) is 0.969. The Bertz CT molecular complexity index is 183. The Labute approximate surface area is 54.9 Å². The molecule has 1 aromatic heterocycles. The fourth-order valence-corrected chi connectivity index (χ4v) is 0.859. The molecular formula is C7H10NO. The molecule has 0 bridgehead atoms. The molecule has 0 aliphatic heterocycles. The summed E-state index contributed by atoms with van der Waals surface area (Å²) in [4.78, 5) is 0. The highest BCUT2D eigenvalue weighted by molar-refractivity contribution is 5.20. The maximum absolute atomic E-state index is 4.90. The molecule has 2 nitrogen and oxygen atoms in total. The Kier molecular flexibility index (Phi) is 1.56. The second kappa shape index (κ2) is 2.21. The van der Waals surface area contributed by atoms with Gasteiger partial charge in [-0.3, -0.25) is 0 Å². The SMILES string of the molecule is [CH2]Cc1c(C)noc1C. The highest BCUT2D eigenvalue weighted by atomic mass is 16.5. The molecule has 0 spiro atoms. The van der Waals surface area contributed by atoms with Crippen molar-refractivity contribution in [2.75, 3.05) is 0 Å². The molecule has 0 atom stereocenters. The first kappa shape index (κ1) is 6.33. The number of nitrogens with zero attached hydrogens (tertiary/aromatic N) is 1. The van der Waals surface area contributed by atoms with Crippen LogP contribution in [0.1, 0.15) is 17.0 Å². The van der Waals surface area contributed by atoms with Gasteiger partial charge in [0.25, 0.3) is 0 Å². The first-order valence-corrected chi connectivity index (χ1v) is 2.96. The molecule has 0 unspecified atom stereocenters. The monoisotopic (exact) mass is 124 g/mol. The van der Waals surface area contributed by atoms with Crippen LogP contribution in [0.3, 0.4) is 0 Å². The Morgan fingerprint density at radius 1 is 1.56 bits per heavy atom. The lowest BCUT2D eigenvalue weighted by Gasteiger charge is -1.88. The first-order valence-electron chi connectivity index (χ1n) is 2.96. The molecule has 0 N–H and O–H groups in total. The van der Waals surface area contributed by atoms with E-state index in [1.807, 2.05) is 13.8 Å². The maximum Gasteiger partial charge on any atom is 0.137 e. The topological polar surface area (TPSA) is 26.0 Å². The third-order valence-corrected chi connectivity index (χ3v) is 1.43. The van der Waals surface area contributed by atoms with Crippen molar-refractivity contribution in [3.05, 3.63) is 23.9 Å². The average molecular weight is 124 g/mol. The van der Waals surface area contributed by atoms with Gasteiger partial charge in [-0.25, -0.2) is 0 Å². The van der Waals surface area contributed by atoms with Crippen LogP contribution in [0.2, 0.25) is 0 Å². The molecule has 49 valence electrons. The van der Waals surface area contributed by atoms with Crippen LogP contribution in [0.5, 0.6) is 0 Å². The molecule has 0 fully saturated rings. The van der Waals surface area contributed by atoms with Crippen molar-refractivity contribution in [3.63, 3.8) is 0 Å². The highest BCUT2D eigenvalue weighted by Crippen LogP contribution is 2.11. The van der Waals surface area contributed by atoms with E-state index in [4.69, 9.17) is 4.52 Å². The lowest BCUT2D eigenvalue weighted by molar-refractivity contribution is 0.392. The molecule has 9 heavy (non-hydrogen) atoms. The van der Waals surface area contributed by atoms with E-state index < -0.39 is 0 Å². The van der Waals surface area contributed by atoms with Crippen LogP contribution in [0.4, 0.5) is 0 Å². The van der Waals surface area contributed by atoms with Crippen molar-refractivity contribution >= 4 is 0 Å². The van der Waals surface area contributed by atoms with E-state index in [2.05, 4.69) is 12.1 Å². The van der Waals surface area contributed by atoms with Crippen molar-refractivity contribution in [1.82, 2.24) is 5.16 Å². The standard InChI is InChI=1S/C7H10NO/c1-4-7-5(2)8-9-6(7)3/h1,4H2,2-3H3. The van der Waals surface area contributed by atoms with E-state index in [1.54, 1.807) is 0 Å². The minimum Gasteiger partial charge on any atom is -0.361 e. The van der Waals surface area contributed by atoms with Crippen molar-refractivity contribution in [3.8, 4) is 0 Å². The van der Waals surface area contributed by atoms with Crippen molar-refractivity contribution in [2.45, 2.75) is 20.3 Å². The van der Waals surface area contributed by atoms with Crippen molar-refractivity contribution in [2.24, 2.45) is 0 Å². The second-order valence-electron chi connectivity index (χ2n) is 2.05. The summed E-state index contributed by atoms with van der Waals surface area (Å²) in [6.45, 7) is 7.58. The molecule has 0 aliphatic carbocycles. The van der Waals surface area contributed by atoms with Gasteiger partial charge in [0.1, 0.15) is 5.76 Å². The van der Waals surface area contributed by atoms with Crippen LogP contribution in [-0.4, -0.2) is 5.16 Å². The minimum atomic E-state index is 0.765. The van der Waals surface area contributed by atoms with Gasteiger partial charge in [0.15, 0.2) is 0 Å². The Hall–Kier alpha value is -0.790. The lowest BCUT2D eigenvalue weighted by Crippen LogP contribution is -1.82. The van der Waals surface area contributed by atoms with Gasteiger partial charge in [-0.1, -0.05) is 5.16 Å². The van der Waals surface area contributed by atoms with Gasteiger partial charge in [0.2, 0.25) is 0 Å². The highest BCUT2D eigenvalue weighted by Gasteiger charge is 2.04. The molecular weight excluding hydrogens is 114 g/mol. The van der Waals surface area contributed by atoms with Gasteiger partial charge in [0, 0.05) is 5.56 Å². The zero-order valence-electron chi connectivity index (χ0n) is 5.77. The van der Waals surface area contributed by atoms with E-state index in [-0.39, 0.29) is 0 Å². The van der Waals surface area contributed by atoms with Crippen LogP contribution in [0.25, 0.3) is 0 Å². The molecule has 0 saturated carbocycles. The number of aromatic nitrogens is 1. The normalized spacial score (nSPS) is 10.1.